The quantitative estimate of drug-likeness (QED) is 0.668. The summed E-state index contributed by atoms with van der Waals surface area (Å²) in [6, 6.07) is 0. The Balaban J connectivity index is 1.80. The number of amides is 1. The van der Waals surface area contributed by atoms with E-state index in [1.54, 1.807) is 11.9 Å². The van der Waals surface area contributed by atoms with Gasteiger partial charge in [0.25, 0.3) is 0 Å². The molecule has 2 rings (SSSR count). The maximum atomic E-state index is 12.1. The SMILES string of the molecule is CCOC[C@H]1CC[C@@H](c2n[nH]cc2CN(C)CCN(C)C(=O)OC(C)(C)C)CC1. The summed E-state index contributed by atoms with van der Waals surface area (Å²) < 4.78 is 11.0. The Hall–Kier alpha value is -1.60. The molecule has 7 heteroatoms. The summed E-state index contributed by atoms with van der Waals surface area (Å²) >= 11 is 0. The lowest BCUT2D eigenvalue weighted by molar-refractivity contribution is 0.0286. The van der Waals surface area contributed by atoms with Crippen LogP contribution in [-0.4, -0.2) is 72.1 Å². The summed E-state index contributed by atoms with van der Waals surface area (Å²) in [5.41, 5.74) is 2.01. The van der Waals surface area contributed by atoms with E-state index in [-0.39, 0.29) is 6.09 Å². The normalized spacial score (nSPS) is 20.1. The van der Waals surface area contributed by atoms with Crippen molar-refractivity contribution in [3.8, 4) is 0 Å². The molecular formula is C22H40N4O3. The van der Waals surface area contributed by atoms with Crippen molar-refractivity contribution in [1.29, 1.82) is 0 Å². The first kappa shape index (κ1) is 23.7. The molecule has 0 aromatic carbocycles. The zero-order chi connectivity index (χ0) is 21.4. The van der Waals surface area contributed by atoms with E-state index < -0.39 is 5.60 Å². The Morgan fingerprint density at radius 2 is 1.90 bits per heavy atom. The number of H-pyrrole nitrogens is 1. The highest BCUT2D eigenvalue weighted by Crippen LogP contribution is 2.36. The summed E-state index contributed by atoms with van der Waals surface area (Å²) in [6.45, 7) is 11.6. The average Bonchev–Trinajstić information content (AvgIpc) is 3.11. The van der Waals surface area contributed by atoms with Crippen LogP contribution in [0.3, 0.4) is 0 Å². The van der Waals surface area contributed by atoms with Gasteiger partial charge < -0.3 is 19.3 Å². The predicted octanol–water partition coefficient (Wildman–Crippen LogP) is 4.02. The van der Waals surface area contributed by atoms with Gasteiger partial charge in [0, 0.05) is 57.6 Å². The molecule has 0 aliphatic heterocycles. The first-order valence-electron chi connectivity index (χ1n) is 10.9. The van der Waals surface area contributed by atoms with Gasteiger partial charge in [-0.3, -0.25) is 5.10 Å². The molecule has 1 heterocycles. The molecule has 1 aliphatic carbocycles. The van der Waals surface area contributed by atoms with Crippen LogP contribution in [0.15, 0.2) is 6.20 Å². The van der Waals surface area contributed by atoms with E-state index in [1.807, 2.05) is 27.0 Å². The van der Waals surface area contributed by atoms with Crippen molar-refractivity contribution in [1.82, 2.24) is 20.0 Å². The zero-order valence-electron chi connectivity index (χ0n) is 19.2. The molecule has 1 aliphatic rings. The lowest BCUT2D eigenvalue weighted by atomic mass is 9.80. The topological polar surface area (TPSA) is 70.7 Å². The third kappa shape index (κ3) is 7.97. The van der Waals surface area contributed by atoms with Crippen molar-refractivity contribution in [3.05, 3.63) is 17.5 Å². The predicted molar refractivity (Wildman–Crippen MR) is 115 cm³/mol. The molecule has 0 atom stereocenters. The van der Waals surface area contributed by atoms with Crippen molar-refractivity contribution >= 4 is 6.09 Å². The van der Waals surface area contributed by atoms with Crippen LogP contribution < -0.4 is 0 Å². The van der Waals surface area contributed by atoms with Crippen LogP contribution >= 0.6 is 0 Å². The van der Waals surface area contributed by atoms with E-state index in [4.69, 9.17) is 9.47 Å². The molecule has 0 unspecified atom stereocenters. The first-order valence-corrected chi connectivity index (χ1v) is 10.9. The Kier molecular flexibility index (Phi) is 8.96. The number of aromatic amines is 1. The van der Waals surface area contributed by atoms with Crippen LogP contribution in [0.2, 0.25) is 0 Å². The molecule has 0 spiro atoms. The lowest BCUT2D eigenvalue weighted by Crippen LogP contribution is -2.38. The highest BCUT2D eigenvalue weighted by atomic mass is 16.6. The molecule has 29 heavy (non-hydrogen) atoms. The Morgan fingerprint density at radius 1 is 1.21 bits per heavy atom. The highest BCUT2D eigenvalue weighted by molar-refractivity contribution is 5.67. The molecule has 0 radical (unpaired) electrons. The number of hydrogen-bond acceptors (Lipinski definition) is 5. The number of ether oxygens (including phenoxy) is 2. The second kappa shape index (κ2) is 11.0. The van der Waals surface area contributed by atoms with Crippen molar-refractivity contribution in [3.63, 3.8) is 0 Å². The Morgan fingerprint density at radius 3 is 2.52 bits per heavy atom. The van der Waals surface area contributed by atoms with Crippen LogP contribution in [0.5, 0.6) is 0 Å². The fourth-order valence-electron chi connectivity index (χ4n) is 3.81. The monoisotopic (exact) mass is 408 g/mol. The van der Waals surface area contributed by atoms with Crippen LogP contribution in [0.25, 0.3) is 0 Å². The number of aromatic nitrogens is 2. The van der Waals surface area contributed by atoms with E-state index in [1.165, 1.54) is 36.9 Å². The Labute approximate surface area is 176 Å². The number of nitrogens with zero attached hydrogens (tertiary/aromatic N) is 3. The van der Waals surface area contributed by atoms with Gasteiger partial charge >= 0.3 is 6.09 Å². The summed E-state index contributed by atoms with van der Waals surface area (Å²) in [4.78, 5) is 16.0. The number of carbonyl (C=O) groups is 1. The first-order chi connectivity index (χ1) is 13.7. The fraction of sp³-hybridized carbons (Fsp3) is 0.818. The molecule has 7 nitrogen and oxygen atoms in total. The Bertz CT molecular complexity index is 618. The molecule has 0 bridgehead atoms. The van der Waals surface area contributed by atoms with E-state index in [9.17, 15) is 4.79 Å². The van der Waals surface area contributed by atoms with Gasteiger partial charge in [-0.2, -0.15) is 5.10 Å². The lowest BCUT2D eigenvalue weighted by Gasteiger charge is -2.28. The smallest absolute Gasteiger partial charge is 0.410 e. The molecule has 1 N–H and O–H groups in total. The average molecular weight is 409 g/mol. The second-order valence-electron chi connectivity index (χ2n) is 9.31. The van der Waals surface area contributed by atoms with E-state index in [2.05, 4.69) is 29.1 Å². The van der Waals surface area contributed by atoms with Gasteiger partial charge in [0.05, 0.1) is 5.69 Å². The number of hydrogen-bond donors (Lipinski definition) is 1. The van der Waals surface area contributed by atoms with E-state index in [0.29, 0.717) is 18.4 Å². The minimum absolute atomic E-state index is 0.279. The van der Waals surface area contributed by atoms with Gasteiger partial charge in [-0.1, -0.05) is 0 Å². The second-order valence-corrected chi connectivity index (χ2v) is 9.31. The van der Waals surface area contributed by atoms with Crippen molar-refractivity contribution in [2.45, 2.75) is 71.4 Å². The van der Waals surface area contributed by atoms with Crippen molar-refractivity contribution < 1.29 is 14.3 Å². The minimum Gasteiger partial charge on any atom is -0.444 e. The van der Waals surface area contributed by atoms with Gasteiger partial charge in [0.1, 0.15) is 5.60 Å². The van der Waals surface area contributed by atoms with Gasteiger partial charge in [-0.15, -0.1) is 0 Å². The molecule has 1 fully saturated rings. The summed E-state index contributed by atoms with van der Waals surface area (Å²) in [6.07, 6.45) is 6.54. The molecular weight excluding hydrogens is 368 g/mol. The number of rotatable bonds is 9. The van der Waals surface area contributed by atoms with E-state index in [0.717, 1.165) is 26.3 Å². The standard InChI is InChI=1S/C22H40N4O3/c1-7-28-16-17-8-10-18(11-9-17)20-19(14-23-24-20)15-25(5)12-13-26(6)21(27)29-22(2,3)4/h14,17-18H,7-13,15-16H2,1-6H3,(H,23,24)/t17-,18+. The van der Waals surface area contributed by atoms with Gasteiger partial charge in [0.2, 0.25) is 0 Å². The fourth-order valence-corrected chi connectivity index (χ4v) is 3.81. The van der Waals surface area contributed by atoms with Gasteiger partial charge in [0.15, 0.2) is 0 Å². The third-order valence-corrected chi connectivity index (χ3v) is 5.51. The maximum absolute atomic E-state index is 12.1. The zero-order valence-corrected chi connectivity index (χ0v) is 19.2. The minimum atomic E-state index is -0.468. The summed E-state index contributed by atoms with van der Waals surface area (Å²) in [7, 11) is 3.87. The van der Waals surface area contributed by atoms with E-state index >= 15 is 0 Å². The highest BCUT2D eigenvalue weighted by Gasteiger charge is 2.26. The summed E-state index contributed by atoms with van der Waals surface area (Å²) in [5.74, 6) is 1.23. The van der Waals surface area contributed by atoms with Crippen molar-refractivity contribution in [2.24, 2.45) is 5.92 Å². The molecule has 1 aromatic rings. The van der Waals surface area contributed by atoms with Gasteiger partial charge in [-0.25, -0.2) is 4.79 Å². The van der Waals surface area contributed by atoms with Crippen molar-refractivity contribution in [2.75, 3.05) is 40.4 Å². The van der Waals surface area contributed by atoms with Crippen LogP contribution in [0.4, 0.5) is 4.79 Å². The summed E-state index contributed by atoms with van der Waals surface area (Å²) in [5, 5.41) is 7.65. The molecule has 0 saturated heterocycles. The molecule has 166 valence electrons. The molecule has 1 saturated carbocycles. The van der Waals surface area contributed by atoms with Crippen LogP contribution in [0.1, 0.15) is 70.6 Å². The third-order valence-electron chi connectivity index (χ3n) is 5.51. The number of carbonyl (C=O) groups excluding carboxylic acids is 1. The number of likely N-dealkylation sites (N-methyl/N-ethyl adjacent to an activating group) is 2. The van der Waals surface area contributed by atoms with Gasteiger partial charge in [-0.05, 0) is 66.3 Å². The molecule has 1 amide bonds. The number of nitrogens with one attached hydrogen (secondary N) is 1. The maximum Gasteiger partial charge on any atom is 0.410 e. The largest absolute Gasteiger partial charge is 0.444 e. The van der Waals surface area contributed by atoms with Crippen LogP contribution in [-0.2, 0) is 16.0 Å². The van der Waals surface area contributed by atoms with Crippen LogP contribution in [0, 0.1) is 5.92 Å². The molecule has 1 aromatic heterocycles.